The Labute approximate surface area is 148 Å². The van der Waals surface area contributed by atoms with E-state index in [9.17, 15) is 9.90 Å². The van der Waals surface area contributed by atoms with E-state index in [2.05, 4.69) is 12.1 Å². The van der Waals surface area contributed by atoms with E-state index in [4.69, 9.17) is 4.74 Å². The van der Waals surface area contributed by atoms with E-state index >= 15 is 0 Å². The molecule has 0 bridgehead atoms. The van der Waals surface area contributed by atoms with Crippen molar-refractivity contribution in [2.24, 2.45) is 5.92 Å². The van der Waals surface area contributed by atoms with E-state index in [-0.39, 0.29) is 18.4 Å². The van der Waals surface area contributed by atoms with Gasteiger partial charge in [0, 0.05) is 25.9 Å². The van der Waals surface area contributed by atoms with Gasteiger partial charge in [0.1, 0.15) is 18.5 Å². The van der Waals surface area contributed by atoms with E-state index in [1.807, 2.05) is 48.5 Å². The van der Waals surface area contributed by atoms with Gasteiger partial charge in [-0.05, 0) is 23.3 Å². The van der Waals surface area contributed by atoms with Gasteiger partial charge in [0.05, 0.1) is 0 Å². The van der Waals surface area contributed by atoms with Crippen molar-refractivity contribution < 1.29 is 14.6 Å². The van der Waals surface area contributed by atoms with Crippen molar-refractivity contribution in [1.29, 1.82) is 0 Å². The van der Waals surface area contributed by atoms with Gasteiger partial charge in [0.25, 0.3) is 0 Å². The highest BCUT2D eigenvalue weighted by Gasteiger charge is 2.24. The van der Waals surface area contributed by atoms with Crippen molar-refractivity contribution in [2.45, 2.75) is 12.5 Å². The SMILES string of the molecule is CN1CC(/C=C/C(O)COc2ccc(-c3ccccc3)cc2)CC1=O. The second-order valence-corrected chi connectivity index (χ2v) is 6.39. The number of ether oxygens (including phenoxy) is 1. The second-order valence-electron chi connectivity index (χ2n) is 6.39. The lowest BCUT2D eigenvalue weighted by atomic mass is 10.1. The molecule has 1 fully saturated rings. The first-order valence-corrected chi connectivity index (χ1v) is 8.50. The first-order chi connectivity index (χ1) is 12.1. The average Bonchev–Trinajstić information content (AvgIpc) is 2.97. The number of aliphatic hydroxyl groups is 1. The third-order valence-electron chi connectivity index (χ3n) is 4.36. The van der Waals surface area contributed by atoms with Crippen LogP contribution in [-0.4, -0.2) is 42.2 Å². The minimum atomic E-state index is -0.685. The predicted molar refractivity (Wildman–Crippen MR) is 98.3 cm³/mol. The van der Waals surface area contributed by atoms with Crippen LogP contribution in [0.1, 0.15) is 6.42 Å². The number of hydrogen-bond donors (Lipinski definition) is 1. The van der Waals surface area contributed by atoms with E-state index in [1.165, 1.54) is 0 Å². The van der Waals surface area contributed by atoms with Gasteiger partial charge in [-0.15, -0.1) is 0 Å². The highest BCUT2D eigenvalue weighted by Crippen LogP contribution is 2.22. The van der Waals surface area contributed by atoms with Crippen LogP contribution < -0.4 is 4.74 Å². The molecule has 2 unspecified atom stereocenters. The molecule has 2 aromatic rings. The molecular weight excluding hydrogens is 314 g/mol. The van der Waals surface area contributed by atoms with Gasteiger partial charge in [-0.2, -0.15) is 0 Å². The smallest absolute Gasteiger partial charge is 0.222 e. The van der Waals surface area contributed by atoms with E-state index in [0.717, 1.165) is 16.9 Å². The molecule has 1 saturated heterocycles. The molecule has 1 N–H and O–H groups in total. The zero-order valence-corrected chi connectivity index (χ0v) is 14.3. The Hall–Kier alpha value is -2.59. The molecule has 3 rings (SSSR count). The zero-order chi connectivity index (χ0) is 17.6. The third kappa shape index (κ3) is 4.70. The average molecular weight is 337 g/mol. The number of hydrogen-bond acceptors (Lipinski definition) is 3. The van der Waals surface area contributed by atoms with Crippen LogP contribution in [0.2, 0.25) is 0 Å². The van der Waals surface area contributed by atoms with Gasteiger partial charge in [0.2, 0.25) is 5.91 Å². The van der Waals surface area contributed by atoms with Crippen LogP contribution in [0.5, 0.6) is 5.75 Å². The second kappa shape index (κ2) is 7.99. The monoisotopic (exact) mass is 337 g/mol. The normalized spacial score (nSPS) is 18.7. The Bertz CT molecular complexity index is 725. The van der Waals surface area contributed by atoms with Crippen LogP contribution in [0.3, 0.4) is 0 Å². The molecule has 0 aliphatic carbocycles. The Morgan fingerprint density at radius 1 is 1.16 bits per heavy atom. The summed E-state index contributed by atoms with van der Waals surface area (Å²) in [6, 6.07) is 18.0. The highest BCUT2D eigenvalue weighted by atomic mass is 16.5. The van der Waals surface area contributed by atoms with Gasteiger partial charge in [-0.3, -0.25) is 4.79 Å². The molecule has 0 spiro atoms. The molecule has 25 heavy (non-hydrogen) atoms. The minimum Gasteiger partial charge on any atom is -0.491 e. The van der Waals surface area contributed by atoms with Crippen molar-refractivity contribution >= 4 is 5.91 Å². The molecule has 1 heterocycles. The summed E-state index contributed by atoms with van der Waals surface area (Å²) in [6.45, 7) is 0.904. The Balaban J connectivity index is 1.49. The van der Waals surface area contributed by atoms with Crippen molar-refractivity contribution in [2.75, 3.05) is 20.2 Å². The summed E-state index contributed by atoms with van der Waals surface area (Å²) in [4.78, 5) is 13.2. The fourth-order valence-corrected chi connectivity index (χ4v) is 2.92. The van der Waals surface area contributed by atoms with Crippen molar-refractivity contribution in [1.82, 2.24) is 4.90 Å². The van der Waals surface area contributed by atoms with Crippen LogP contribution in [0.4, 0.5) is 0 Å². The summed E-state index contributed by atoms with van der Waals surface area (Å²) in [5.74, 6) is 1.05. The summed E-state index contributed by atoms with van der Waals surface area (Å²) in [7, 11) is 1.80. The maximum Gasteiger partial charge on any atom is 0.222 e. The van der Waals surface area contributed by atoms with E-state index < -0.39 is 6.10 Å². The summed E-state index contributed by atoms with van der Waals surface area (Å²) >= 11 is 0. The topological polar surface area (TPSA) is 49.8 Å². The van der Waals surface area contributed by atoms with E-state index in [0.29, 0.717) is 13.0 Å². The van der Waals surface area contributed by atoms with Crippen LogP contribution in [0, 0.1) is 5.92 Å². The quantitative estimate of drug-likeness (QED) is 0.824. The fraction of sp³-hybridized carbons (Fsp3) is 0.286. The largest absolute Gasteiger partial charge is 0.491 e. The van der Waals surface area contributed by atoms with Gasteiger partial charge >= 0.3 is 0 Å². The highest BCUT2D eigenvalue weighted by molar-refractivity contribution is 5.78. The van der Waals surface area contributed by atoms with Crippen LogP contribution in [-0.2, 0) is 4.79 Å². The van der Waals surface area contributed by atoms with Crippen molar-refractivity contribution in [3.05, 3.63) is 66.7 Å². The van der Waals surface area contributed by atoms with Crippen LogP contribution in [0.25, 0.3) is 11.1 Å². The minimum absolute atomic E-state index is 0.152. The summed E-state index contributed by atoms with van der Waals surface area (Å²) in [6.07, 6.45) is 3.46. The molecule has 4 nitrogen and oxygen atoms in total. The Kier molecular flexibility index (Phi) is 5.51. The molecule has 0 saturated carbocycles. The molecule has 4 heteroatoms. The maximum absolute atomic E-state index is 11.5. The first-order valence-electron chi connectivity index (χ1n) is 8.50. The lowest BCUT2D eigenvalue weighted by Gasteiger charge is -2.11. The van der Waals surface area contributed by atoms with Gasteiger partial charge in [0.15, 0.2) is 0 Å². The molecule has 0 aromatic heterocycles. The summed E-state index contributed by atoms with van der Waals surface area (Å²) in [5.41, 5.74) is 2.29. The van der Waals surface area contributed by atoms with Gasteiger partial charge in [-0.1, -0.05) is 54.6 Å². The van der Waals surface area contributed by atoms with Crippen LogP contribution in [0.15, 0.2) is 66.7 Å². The molecule has 1 aliphatic heterocycles. The summed E-state index contributed by atoms with van der Waals surface area (Å²) in [5, 5.41) is 10.0. The summed E-state index contributed by atoms with van der Waals surface area (Å²) < 4.78 is 5.64. The van der Waals surface area contributed by atoms with Crippen molar-refractivity contribution in [3.8, 4) is 16.9 Å². The third-order valence-corrected chi connectivity index (χ3v) is 4.36. The number of carbonyl (C=O) groups excluding carboxylic acids is 1. The maximum atomic E-state index is 11.5. The molecule has 1 aliphatic rings. The number of amides is 1. The Morgan fingerprint density at radius 2 is 1.84 bits per heavy atom. The van der Waals surface area contributed by atoms with Gasteiger partial charge < -0.3 is 14.7 Å². The number of nitrogens with zero attached hydrogens (tertiary/aromatic N) is 1. The fourth-order valence-electron chi connectivity index (χ4n) is 2.92. The number of aliphatic hydroxyl groups excluding tert-OH is 1. The van der Waals surface area contributed by atoms with E-state index in [1.54, 1.807) is 18.0 Å². The number of likely N-dealkylation sites (tertiary alicyclic amines) is 1. The van der Waals surface area contributed by atoms with Crippen molar-refractivity contribution in [3.63, 3.8) is 0 Å². The molecule has 1 amide bonds. The number of benzene rings is 2. The number of carbonyl (C=O) groups is 1. The molecule has 0 radical (unpaired) electrons. The lowest BCUT2D eigenvalue weighted by molar-refractivity contribution is -0.126. The standard InChI is InChI=1S/C21H23NO3/c1-22-14-16(13-21(22)24)7-10-19(23)15-25-20-11-8-18(9-12-20)17-5-3-2-4-6-17/h2-12,16,19,23H,13-15H2,1H3/b10-7+. The number of rotatable bonds is 6. The molecule has 2 aromatic carbocycles. The molecule has 130 valence electrons. The van der Waals surface area contributed by atoms with Crippen LogP contribution >= 0.6 is 0 Å². The van der Waals surface area contributed by atoms with Gasteiger partial charge in [-0.25, -0.2) is 0 Å². The molecule has 2 atom stereocenters. The lowest BCUT2D eigenvalue weighted by Crippen LogP contribution is -2.19. The first kappa shape index (κ1) is 17.2. The molecular formula is C21H23NO3. The zero-order valence-electron chi connectivity index (χ0n) is 14.3. The predicted octanol–water partition coefficient (Wildman–Crippen LogP) is 3.13. The Morgan fingerprint density at radius 3 is 2.48 bits per heavy atom.